The van der Waals surface area contributed by atoms with Gasteiger partial charge >= 0.3 is 5.97 Å². The van der Waals surface area contributed by atoms with E-state index in [-0.39, 0.29) is 16.7 Å². The van der Waals surface area contributed by atoms with Gasteiger partial charge in [-0.15, -0.1) is 0 Å². The Morgan fingerprint density at radius 3 is 2.72 bits per heavy atom. The summed E-state index contributed by atoms with van der Waals surface area (Å²) in [5.41, 5.74) is 1.52. The maximum Gasteiger partial charge on any atom is 0.374 e. The molecule has 0 saturated carbocycles. The molecule has 1 amide bonds. The molecule has 29 heavy (non-hydrogen) atoms. The fraction of sp³-hybridized carbons (Fsp3) is 0.143. The van der Waals surface area contributed by atoms with Gasteiger partial charge in [-0.05, 0) is 23.8 Å². The molecule has 146 valence electrons. The first-order valence-electron chi connectivity index (χ1n) is 8.85. The SMILES string of the molecule is O=C(OCC(=O)N1CCC(c2ccccc2)=N1)c1cc(=O)c2cc(Cl)ccc2o1. The summed E-state index contributed by atoms with van der Waals surface area (Å²) >= 11 is 5.86. The third kappa shape index (κ3) is 4.05. The largest absolute Gasteiger partial charge is 0.450 e. The topological polar surface area (TPSA) is 89.2 Å². The van der Waals surface area contributed by atoms with Crippen LogP contribution in [0.4, 0.5) is 0 Å². The van der Waals surface area contributed by atoms with E-state index in [0.717, 1.165) is 17.3 Å². The second kappa shape index (κ2) is 7.89. The lowest BCUT2D eigenvalue weighted by atomic mass is 10.1. The summed E-state index contributed by atoms with van der Waals surface area (Å²) < 4.78 is 10.4. The quantitative estimate of drug-likeness (QED) is 0.616. The molecule has 1 aliphatic heterocycles. The fourth-order valence-corrected chi connectivity index (χ4v) is 3.14. The molecule has 0 atom stereocenters. The molecule has 1 aliphatic rings. The zero-order chi connectivity index (χ0) is 20.4. The van der Waals surface area contributed by atoms with Crippen LogP contribution in [0.3, 0.4) is 0 Å². The number of nitrogens with zero attached hydrogens (tertiary/aromatic N) is 2. The van der Waals surface area contributed by atoms with Crippen LogP contribution >= 0.6 is 11.6 Å². The standard InChI is InChI=1S/C21H15ClN2O5/c22-14-6-7-18-15(10-14)17(25)11-19(29-18)21(27)28-12-20(26)24-9-8-16(23-24)13-4-2-1-3-5-13/h1-7,10-11H,8-9,12H2. The number of hydrogen-bond acceptors (Lipinski definition) is 6. The van der Waals surface area contributed by atoms with Crippen molar-refractivity contribution in [3.8, 4) is 0 Å². The number of carbonyl (C=O) groups excluding carboxylic acids is 2. The third-order valence-corrected chi connectivity index (χ3v) is 4.65. The molecule has 2 aromatic carbocycles. The van der Waals surface area contributed by atoms with Gasteiger partial charge in [-0.1, -0.05) is 41.9 Å². The number of halogens is 1. The summed E-state index contributed by atoms with van der Waals surface area (Å²) in [5.74, 6) is -1.65. The van der Waals surface area contributed by atoms with Crippen LogP contribution in [0.1, 0.15) is 22.5 Å². The number of amides is 1. The van der Waals surface area contributed by atoms with Crippen LogP contribution in [-0.4, -0.2) is 35.7 Å². The van der Waals surface area contributed by atoms with Gasteiger partial charge in [-0.2, -0.15) is 5.10 Å². The van der Waals surface area contributed by atoms with Gasteiger partial charge in [0.25, 0.3) is 5.91 Å². The van der Waals surface area contributed by atoms with Crippen LogP contribution in [-0.2, 0) is 9.53 Å². The average Bonchev–Trinajstić information content (AvgIpc) is 3.23. The molecule has 0 fully saturated rings. The van der Waals surface area contributed by atoms with Crippen molar-refractivity contribution in [2.45, 2.75) is 6.42 Å². The first-order valence-corrected chi connectivity index (χ1v) is 9.23. The van der Waals surface area contributed by atoms with E-state index in [2.05, 4.69) is 5.10 Å². The number of ether oxygens (including phenoxy) is 1. The molecule has 4 rings (SSSR count). The number of hydrazone groups is 1. The van der Waals surface area contributed by atoms with E-state index in [1.807, 2.05) is 30.3 Å². The molecule has 0 aliphatic carbocycles. The molecule has 0 radical (unpaired) electrons. The minimum atomic E-state index is -0.904. The van der Waals surface area contributed by atoms with Gasteiger partial charge < -0.3 is 9.15 Å². The van der Waals surface area contributed by atoms with Gasteiger partial charge in [0.2, 0.25) is 5.76 Å². The molecule has 0 unspecified atom stereocenters. The second-order valence-electron chi connectivity index (χ2n) is 6.37. The predicted octanol–water partition coefficient (Wildman–Crippen LogP) is 3.24. The molecule has 2 heterocycles. The van der Waals surface area contributed by atoms with E-state index >= 15 is 0 Å². The Labute approximate surface area is 170 Å². The molecule has 0 N–H and O–H groups in total. The van der Waals surface area contributed by atoms with Crippen molar-refractivity contribution in [3.05, 3.63) is 81.2 Å². The highest BCUT2D eigenvalue weighted by atomic mass is 35.5. The third-order valence-electron chi connectivity index (χ3n) is 4.41. The van der Waals surface area contributed by atoms with Crippen molar-refractivity contribution in [1.82, 2.24) is 5.01 Å². The van der Waals surface area contributed by atoms with E-state index in [4.69, 9.17) is 20.8 Å². The highest BCUT2D eigenvalue weighted by Gasteiger charge is 2.23. The summed E-state index contributed by atoms with van der Waals surface area (Å²) in [4.78, 5) is 36.7. The van der Waals surface area contributed by atoms with Gasteiger partial charge in [0, 0.05) is 17.5 Å². The molecule has 1 aromatic heterocycles. The molecule has 0 bridgehead atoms. The molecule has 0 saturated heterocycles. The lowest BCUT2D eigenvalue weighted by Crippen LogP contribution is -2.29. The number of esters is 1. The van der Waals surface area contributed by atoms with Crippen LogP contribution in [0, 0.1) is 0 Å². The minimum absolute atomic E-state index is 0.205. The number of hydrogen-bond donors (Lipinski definition) is 0. The molecule has 3 aromatic rings. The number of rotatable bonds is 4. The Morgan fingerprint density at radius 2 is 1.93 bits per heavy atom. The molecular formula is C21H15ClN2O5. The monoisotopic (exact) mass is 410 g/mol. The van der Waals surface area contributed by atoms with Crippen molar-refractivity contribution in [1.29, 1.82) is 0 Å². The molecule has 7 nitrogen and oxygen atoms in total. The molecular weight excluding hydrogens is 396 g/mol. The maximum absolute atomic E-state index is 12.3. The summed E-state index contributed by atoms with van der Waals surface area (Å²) in [6.07, 6.45) is 0.617. The summed E-state index contributed by atoms with van der Waals surface area (Å²) in [6, 6.07) is 15.0. The molecule has 0 spiro atoms. The Hall–Kier alpha value is -3.45. The van der Waals surface area contributed by atoms with Crippen molar-refractivity contribution < 1.29 is 18.7 Å². The molecule has 8 heteroatoms. The second-order valence-corrected chi connectivity index (χ2v) is 6.81. The van der Waals surface area contributed by atoms with Gasteiger partial charge in [0.1, 0.15) is 5.58 Å². The van der Waals surface area contributed by atoms with Gasteiger partial charge in [0.05, 0.1) is 17.6 Å². The number of fused-ring (bicyclic) bond motifs is 1. The summed E-state index contributed by atoms with van der Waals surface area (Å²) in [6.45, 7) is -0.0980. The average molecular weight is 411 g/mol. The Kier molecular flexibility index (Phi) is 5.14. The van der Waals surface area contributed by atoms with Crippen molar-refractivity contribution >= 4 is 40.2 Å². The smallest absolute Gasteiger partial charge is 0.374 e. The first kappa shape index (κ1) is 18.9. The Balaban J connectivity index is 1.43. The van der Waals surface area contributed by atoms with E-state index in [9.17, 15) is 14.4 Å². The van der Waals surface area contributed by atoms with Gasteiger partial charge in [0.15, 0.2) is 12.0 Å². The van der Waals surface area contributed by atoms with Crippen LogP contribution in [0.15, 0.2) is 68.9 Å². The van der Waals surface area contributed by atoms with Crippen LogP contribution < -0.4 is 5.43 Å². The maximum atomic E-state index is 12.3. The normalized spacial score (nSPS) is 13.4. The van der Waals surface area contributed by atoms with Crippen molar-refractivity contribution in [2.24, 2.45) is 5.10 Å². The Morgan fingerprint density at radius 1 is 1.14 bits per heavy atom. The Bertz CT molecular complexity index is 1190. The first-order chi connectivity index (χ1) is 14.0. The van der Waals surface area contributed by atoms with E-state index in [1.165, 1.54) is 17.1 Å². The van der Waals surface area contributed by atoms with Gasteiger partial charge in [-0.25, -0.2) is 9.80 Å². The van der Waals surface area contributed by atoms with Crippen molar-refractivity contribution in [3.63, 3.8) is 0 Å². The highest BCUT2D eigenvalue weighted by Crippen LogP contribution is 2.18. The van der Waals surface area contributed by atoms with E-state index in [1.54, 1.807) is 6.07 Å². The lowest BCUT2D eigenvalue weighted by Gasteiger charge is -2.11. The van der Waals surface area contributed by atoms with Crippen LogP contribution in [0.5, 0.6) is 0 Å². The zero-order valence-corrected chi connectivity index (χ0v) is 15.9. The lowest BCUT2D eigenvalue weighted by molar-refractivity contribution is -0.134. The number of benzene rings is 2. The van der Waals surface area contributed by atoms with Gasteiger partial charge in [-0.3, -0.25) is 9.59 Å². The fourth-order valence-electron chi connectivity index (χ4n) is 2.97. The summed E-state index contributed by atoms with van der Waals surface area (Å²) in [7, 11) is 0. The number of carbonyl (C=O) groups is 2. The summed E-state index contributed by atoms with van der Waals surface area (Å²) in [5, 5.41) is 6.20. The van der Waals surface area contributed by atoms with Crippen LogP contribution in [0.25, 0.3) is 11.0 Å². The predicted molar refractivity (Wildman–Crippen MR) is 107 cm³/mol. The minimum Gasteiger partial charge on any atom is -0.450 e. The highest BCUT2D eigenvalue weighted by molar-refractivity contribution is 6.31. The van der Waals surface area contributed by atoms with E-state index < -0.39 is 23.9 Å². The van der Waals surface area contributed by atoms with Crippen molar-refractivity contribution in [2.75, 3.05) is 13.2 Å². The van der Waals surface area contributed by atoms with E-state index in [0.29, 0.717) is 18.0 Å². The van der Waals surface area contributed by atoms with Crippen LogP contribution in [0.2, 0.25) is 5.02 Å². The zero-order valence-electron chi connectivity index (χ0n) is 15.1.